The Kier molecular flexibility index (Phi) is 9.02. The van der Waals surface area contributed by atoms with Crippen LogP contribution >= 0.6 is 15.9 Å². The van der Waals surface area contributed by atoms with Crippen LogP contribution in [0.5, 0.6) is 17.2 Å². The lowest BCUT2D eigenvalue weighted by molar-refractivity contribution is -0.384. The molecule has 3 aromatic carbocycles. The summed E-state index contributed by atoms with van der Waals surface area (Å²) < 4.78 is 17.7. The number of benzene rings is 3. The maximum Gasteiger partial charge on any atom is 0.273 e. The standard InChI is InChI=1S/C26H22BrN3O6/c1-3-35-25-13-18(6-11-23(25)36-16-17-4-7-20(27)8-5-17)12-19(15-28)26(31)29-22-10-9-21(30(32)33)14-24(22)34-2/h4-14H,3,16H2,1-2H3,(H,29,31)/b19-12-. The van der Waals surface area contributed by atoms with Crippen LogP contribution in [-0.2, 0) is 11.4 Å². The zero-order valence-electron chi connectivity index (χ0n) is 19.5. The van der Waals surface area contributed by atoms with E-state index in [2.05, 4.69) is 21.2 Å². The van der Waals surface area contributed by atoms with Gasteiger partial charge in [0, 0.05) is 10.5 Å². The second kappa shape index (κ2) is 12.4. The fraction of sp³-hybridized carbons (Fsp3) is 0.154. The summed E-state index contributed by atoms with van der Waals surface area (Å²) in [7, 11) is 1.32. The van der Waals surface area contributed by atoms with E-state index < -0.39 is 10.8 Å². The number of halogens is 1. The summed E-state index contributed by atoms with van der Waals surface area (Å²) >= 11 is 3.40. The highest BCUT2D eigenvalue weighted by molar-refractivity contribution is 9.10. The molecule has 1 amide bonds. The van der Waals surface area contributed by atoms with E-state index in [0.717, 1.165) is 10.0 Å². The lowest BCUT2D eigenvalue weighted by Crippen LogP contribution is -2.14. The Morgan fingerprint density at radius 2 is 1.83 bits per heavy atom. The van der Waals surface area contributed by atoms with E-state index in [1.807, 2.05) is 37.3 Å². The zero-order valence-corrected chi connectivity index (χ0v) is 21.1. The average Bonchev–Trinajstić information content (AvgIpc) is 2.87. The summed E-state index contributed by atoms with van der Waals surface area (Å²) in [6.07, 6.45) is 1.41. The van der Waals surface area contributed by atoms with Crippen molar-refractivity contribution in [2.75, 3.05) is 19.0 Å². The van der Waals surface area contributed by atoms with E-state index in [-0.39, 0.29) is 22.7 Å². The molecule has 0 saturated carbocycles. The Morgan fingerprint density at radius 1 is 1.08 bits per heavy atom. The third-order valence-electron chi connectivity index (χ3n) is 4.90. The molecular formula is C26H22BrN3O6. The Bertz CT molecular complexity index is 1330. The van der Waals surface area contributed by atoms with E-state index in [9.17, 15) is 20.2 Å². The number of nitro benzene ring substituents is 1. The maximum absolute atomic E-state index is 12.7. The normalized spacial score (nSPS) is 10.8. The summed E-state index contributed by atoms with van der Waals surface area (Å²) in [4.78, 5) is 23.1. The number of nitrogens with one attached hydrogen (secondary N) is 1. The molecule has 184 valence electrons. The molecule has 0 heterocycles. The van der Waals surface area contributed by atoms with Crippen LogP contribution < -0.4 is 19.5 Å². The molecule has 3 aromatic rings. The van der Waals surface area contributed by atoms with Gasteiger partial charge in [-0.05, 0) is 54.5 Å². The summed E-state index contributed by atoms with van der Waals surface area (Å²) in [6, 6.07) is 18.5. The van der Waals surface area contributed by atoms with E-state index >= 15 is 0 Å². The van der Waals surface area contributed by atoms with Crippen molar-refractivity contribution in [1.29, 1.82) is 5.26 Å². The van der Waals surface area contributed by atoms with Gasteiger partial charge in [0.25, 0.3) is 11.6 Å². The van der Waals surface area contributed by atoms with Gasteiger partial charge in [-0.15, -0.1) is 0 Å². The van der Waals surface area contributed by atoms with Crippen LogP contribution in [0.4, 0.5) is 11.4 Å². The van der Waals surface area contributed by atoms with Crippen molar-refractivity contribution in [1.82, 2.24) is 0 Å². The minimum atomic E-state index is -0.696. The number of amides is 1. The predicted octanol–water partition coefficient (Wildman–Crippen LogP) is 5.89. The molecule has 0 unspecified atom stereocenters. The van der Waals surface area contributed by atoms with Gasteiger partial charge in [0.15, 0.2) is 11.5 Å². The highest BCUT2D eigenvalue weighted by atomic mass is 79.9. The van der Waals surface area contributed by atoms with Gasteiger partial charge in [-0.2, -0.15) is 5.26 Å². The van der Waals surface area contributed by atoms with Gasteiger partial charge in [-0.3, -0.25) is 14.9 Å². The SMILES string of the molecule is CCOc1cc(/C=C(/C#N)C(=O)Nc2ccc([N+](=O)[O-])cc2OC)ccc1OCc1ccc(Br)cc1. The number of rotatable bonds is 10. The first-order valence-corrected chi connectivity index (χ1v) is 11.5. The van der Waals surface area contributed by atoms with Crippen LogP contribution in [0.15, 0.2) is 70.7 Å². The van der Waals surface area contributed by atoms with Crippen molar-refractivity contribution in [2.24, 2.45) is 0 Å². The monoisotopic (exact) mass is 551 g/mol. The molecule has 0 radical (unpaired) electrons. The number of nitro groups is 1. The minimum absolute atomic E-state index is 0.0979. The lowest BCUT2D eigenvalue weighted by atomic mass is 10.1. The van der Waals surface area contributed by atoms with Crippen molar-refractivity contribution in [3.63, 3.8) is 0 Å². The molecule has 0 bridgehead atoms. The first-order chi connectivity index (χ1) is 17.3. The summed E-state index contributed by atoms with van der Waals surface area (Å²) in [5, 5.41) is 23.1. The Labute approximate surface area is 216 Å². The van der Waals surface area contributed by atoms with Gasteiger partial charge in [0.2, 0.25) is 0 Å². The fourth-order valence-electron chi connectivity index (χ4n) is 3.15. The zero-order chi connectivity index (χ0) is 26.1. The molecule has 1 N–H and O–H groups in total. The first kappa shape index (κ1) is 26.2. The molecule has 0 aliphatic carbocycles. The van der Waals surface area contributed by atoms with Gasteiger partial charge in [-0.1, -0.05) is 34.1 Å². The number of nitrogens with zero attached hydrogens (tertiary/aromatic N) is 2. The molecule has 3 rings (SSSR count). The molecule has 0 aromatic heterocycles. The quantitative estimate of drug-likeness (QED) is 0.144. The first-order valence-electron chi connectivity index (χ1n) is 10.7. The number of ether oxygens (including phenoxy) is 3. The molecule has 9 nitrogen and oxygen atoms in total. The third kappa shape index (κ3) is 6.84. The number of carbonyl (C=O) groups excluding carboxylic acids is 1. The largest absolute Gasteiger partial charge is 0.494 e. The maximum atomic E-state index is 12.7. The van der Waals surface area contributed by atoms with E-state index in [0.29, 0.717) is 30.3 Å². The molecule has 0 fully saturated rings. The number of anilines is 1. The van der Waals surface area contributed by atoms with Crippen LogP contribution in [0.2, 0.25) is 0 Å². The second-order valence-electron chi connectivity index (χ2n) is 7.32. The van der Waals surface area contributed by atoms with E-state index in [4.69, 9.17) is 14.2 Å². The van der Waals surface area contributed by atoms with Crippen LogP contribution in [0, 0.1) is 21.4 Å². The minimum Gasteiger partial charge on any atom is -0.494 e. The van der Waals surface area contributed by atoms with Gasteiger partial charge >= 0.3 is 0 Å². The van der Waals surface area contributed by atoms with Crippen LogP contribution in [-0.4, -0.2) is 24.5 Å². The van der Waals surface area contributed by atoms with Crippen molar-refractivity contribution < 1.29 is 23.9 Å². The summed E-state index contributed by atoms with van der Waals surface area (Å²) in [6.45, 7) is 2.57. The number of carbonyl (C=O) groups is 1. The van der Waals surface area contributed by atoms with E-state index in [1.54, 1.807) is 18.2 Å². The Hall–Kier alpha value is -4.36. The number of nitriles is 1. The number of hydrogen-bond donors (Lipinski definition) is 1. The third-order valence-corrected chi connectivity index (χ3v) is 5.42. The van der Waals surface area contributed by atoms with Crippen molar-refractivity contribution in [3.05, 3.63) is 92.0 Å². The number of hydrogen-bond acceptors (Lipinski definition) is 7. The van der Waals surface area contributed by atoms with Gasteiger partial charge in [-0.25, -0.2) is 0 Å². The summed E-state index contributed by atoms with van der Waals surface area (Å²) in [5.74, 6) is 0.396. The smallest absolute Gasteiger partial charge is 0.273 e. The highest BCUT2D eigenvalue weighted by Crippen LogP contribution is 2.31. The topological polar surface area (TPSA) is 124 Å². The molecule has 0 atom stereocenters. The van der Waals surface area contributed by atoms with Gasteiger partial charge in [0.05, 0.1) is 30.4 Å². The van der Waals surface area contributed by atoms with Crippen LogP contribution in [0.3, 0.4) is 0 Å². The average molecular weight is 552 g/mol. The van der Waals surface area contributed by atoms with Crippen molar-refractivity contribution in [3.8, 4) is 23.3 Å². The van der Waals surface area contributed by atoms with Crippen LogP contribution in [0.1, 0.15) is 18.1 Å². The number of methoxy groups -OCH3 is 1. The molecule has 36 heavy (non-hydrogen) atoms. The highest BCUT2D eigenvalue weighted by Gasteiger charge is 2.16. The Morgan fingerprint density at radius 3 is 2.47 bits per heavy atom. The van der Waals surface area contributed by atoms with Crippen molar-refractivity contribution >= 4 is 39.3 Å². The van der Waals surface area contributed by atoms with Crippen molar-refractivity contribution in [2.45, 2.75) is 13.5 Å². The Balaban J connectivity index is 1.80. The van der Waals surface area contributed by atoms with Crippen LogP contribution in [0.25, 0.3) is 6.08 Å². The fourth-order valence-corrected chi connectivity index (χ4v) is 3.41. The molecule has 0 aliphatic rings. The van der Waals surface area contributed by atoms with Gasteiger partial charge in [0.1, 0.15) is 24.0 Å². The van der Waals surface area contributed by atoms with E-state index in [1.165, 1.54) is 31.4 Å². The molecule has 0 spiro atoms. The molecule has 0 saturated heterocycles. The second-order valence-corrected chi connectivity index (χ2v) is 8.24. The van der Waals surface area contributed by atoms with Gasteiger partial charge < -0.3 is 19.5 Å². The lowest BCUT2D eigenvalue weighted by Gasteiger charge is -2.13. The molecule has 10 heteroatoms. The molecule has 0 aliphatic heterocycles. The number of non-ortho nitro benzene ring substituents is 1. The predicted molar refractivity (Wildman–Crippen MR) is 138 cm³/mol. The summed E-state index contributed by atoms with van der Waals surface area (Å²) in [5.41, 5.74) is 1.36. The molecular weight excluding hydrogens is 530 g/mol.